The number of fused-ring (bicyclic) bond motifs is 1. The van der Waals surface area contributed by atoms with E-state index in [2.05, 4.69) is 10.4 Å². The third kappa shape index (κ3) is 4.16. The van der Waals surface area contributed by atoms with E-state index in [4.69, 9.17) is 9.47 Å². The van der Waals surface area contributed by atoms with Crippen molar-refractivity contribution >= 4 is 21.6 Å². The van der Waals surface area contributed by atoms with Crippen LogP contribution in [0.3, 0.4) is 0 Å². The molecule has 8 nitrogen and oxygen atoms in total. The fraction of sp³-hybridized carbons (Fsp3) is 0.238. The number of anilines is 1. The van der Waals surface area contributed by atoms with E-state index < -0.39 is 15.7 Å². The van der Waals surface area contributed by atoms with Gasteiger partial charge in [-0.1, -0.05) is 17.7 Å². The Hall–Kier alpha value is -3.33. The molecule has 1 amide bonds. The number of aromatic nitrogens is 2. The minimum absolute atomic E-state index is 0.133. The van der Waals surface area contributed by atoms with Gasteiger partial charge >= 0.3 is 0 Å². The van der Waals surface area contributed by atoms with Crippen molar-refractivity contribution < 1.29 is 22.7 Å². The molecule has 1 N–H and O–H groups in total. The lowest BCUT2D eigenvalue weighted by molar-refractivity contribution is -0.118. The number of nitrogens with one attached hydrogen (secondary N) is 1. The second kappa shape index (κ2) is 7.83. The Morgan fingerprint density at radius 2 is 1.73 bits per heavy atom. The molecule has 2 heterocycles. The summed E-state index contributed by atoms with van der Waals surface area (Å²) in [4.78, 5) is 12.6. The van der Waals surface area contributed by atoms with Gasteiger partial charge < -0.3 is 14.8 Å². The van der Waals surface area contributed by atoms with Gasteiger partial charge in [0.25, 0.3) is 5.91 Å². The maximum absolute atomic E-state index is 12.6. The molecule has 0 saturated heterocycles. The van der Waals surface area contributed by atoms with Crippen LogP contribution in [0.2, 0.25) is 0 Å². The van der Waals surface area contributed by atoms with Gasteiger partial charge in [-0.25, -0.2) is 13.1 Å². The first kappa shape index (κ1) is 20.0. The number of amides is 1. The Bertz CT molecular complexity index is 1180. The zero-order valence-electron chi connectivity index (χ0n) is 16.6. The van der Waals surface area contributed by atoms with E-state index in [0.717, 1.165) is 11.3 Å². The summed E-state index contributed by atoms with van der Waals surface area (Å²) in [6.45, 7) is 1.74. The quantitative estimate of drug-likeness (QED) is 0.649. The van der Waals surface area contributed by atoms with Crippen molar-refractivity contribution in [1.29, 1.82) is 0 Å². The highest BCUT2D eigenvalue weighted by Gasteiger charge is 2.33. The van der Waals surface area contributed by atoms with E-state index in [1.807, 2.05) is 31.2 Å². The van der Waals surface area contributed by atoms with Crippen molar-refractivity contribution in [3.63, 3.8) is 0 Å². The predicted octanol–water partition coefficient (Wildman–Crippen LogP) is 2.64. The molecule has 3 aromatic rings. The van der Waals surface area contributed by atoms with E-state index in [1.165, 1.54) is 0 Å². The Morgan fingerprint density at radius 3 is 2.40 bits per heavy atom. The van der Waals surface area contributed by atoms with Crippen LogP contribution >= 0.6 is 0 Å². The monoisotopic (exact) mass is 427 g/mol. The fourth-order valence-electron chi connectivity index (χ4n) is 3.23. The highest BCUT2D eigenvalue weighted by atomic mass is 32.2. The first-order valence-corrected chi connectivity index (χ1v) is 11.1. The Kier molecular flexibility index (Phi) is 5.21. The van der Waals surface area contributed by atoms with Crippen molar-refractivity contribution in [2.24, 2.45) is 0 Å². The number of hydrogen-bond donors (Lipinski definition) is 1. The largest absolute Gasteiger partial charge is 0.497 e. The Balaban J connectivity index is 1.56. The SMILES string of the molecule is COc1ccc(OCC(=O)Nc2c3c(nn2-c2ccc(C)cc2)CS(=O)(=O)C3)cc1. The van der Waals surface area contributed by atoms with Crippen LogP contribution in [0, 0.1) is 6.92 Å². The number of benzene rings is 2. The van der Waals surface area contributed by atoms with Crippen molar-refractivity contribution in [1.82, 2.24) is 9.78 Å². The third-order valence-corrected chi connectivity index (χ3v) is 6.20. The van der Waals surface area contributed by atoms with E-state index in [9.17, 15) is 13.2 Å². The number of rotatable bonds is 6. The Morgan fingerprint density at radius 1 is 1.07 bits per heavy atom. The molecule has 1 aromatic heterocycles. The van der Waals surface area contributed by atoms with Crippen molar-refractivity contribution in [2.75, 3.05) is 19.0 Å². The molecule has 0 spiro atoms. The molecule has 9 heteroatoms. The summed E-state index contributed by atoms with van der Waals surface area (Å²) >= 11 is 0. The van der Waals surface area contributed by atoms with Gasteiger partial charge in [0, 0.05) is 5.56 Å². The van der Waals surface area contributed by atoms with Crippen molar-refractivity contribution in [2.45, 2.75) is 18.4 Å². The summed E-state index contributed by atoms with van der Waals surface area (Å²) in [6.07, 6.45) is 0. The molecule has 0 radical (unpaired) electrons. The average molecular weight is 427 g/mol. The fourth-order valence-corrected chi connectivity index (χ4v) is 4.73. The summed E-state index contributed by atoms with van der Waals surface area (Å²) in [5.41, 5.74) is 2.80. The molecule has 2 aromatic carbocycles. The molecule has 0 atom stereocenters. The third-order valence-electron chi connectivity index (χ3n) is 4.75. The highest BCUT2D eigenvalue weighted by molar-refractivity contribution is 7.90. The predicted molar refractivity (Wildman–Crippen MR) is 112 cm³/mol. The summed E-state index contributed by atoms with van der Waals surface area (Å²) in [5.74, 6) is 0.871. The summed E-state index contributed by atoms with van der Waals surface area (Å²) < 4.78 is 36.3. The highest BCUT2D eigenvalue weighted by Crippen LogP contribution is 2.33. The molecular weight excluding hydrogens is 406 g/mol. The van der Waals surface area contributed by atoms with Crippen molar-refractivity contribution in [3.8, 4) is 17.2 Å². The minimum Gasteiger partial charge on any atom is -0.497 e. The number of hydrogen-bond acceptors (Lipinski definition) is 6. The summed E-state index contributed by atoms with van der Waals surface area (Å²) in [6, 6.07) is 14.5. The molecule has 1 aliphatic rings. The van der Waals surface area contributed by atoms with Crippen LogP contribution in [-0.4, -0.2) is 37.8 Å². The summed E-state index contributed by atoms with van der Waals surface area (Å²) in [7, 11) is -1.69. The molecule has 0 bridgehead atoms. The minimum atomic E-state index is -3.26. The summed E-state index contributed by atoms with van der Waals surface area (Å²) in [5, 5.41) is 7.23. The second-order valence-electron chi connectivity index (χ2n) is 7.07. The van der Waals surface area contributed by atoms with E-state index in [1.54, 1.807) is 36.1 Å². The van der Waals surface area contributed by atoms with Crippen LogP contribution in [0.1, 0.15) is 16.8 Å². The first-order chi connectivity index (χ1) is 14.3. The molecular formula is C21H21N3O5S. The van der Waals surface area contributed by atoms with Crippen molar-refractivity contribution in [3.05, 3.63) is 65.4 Å². The Labute approximate surface area is 174 Å². The van der Waals surface area contributed by atoms with Gasteiger partial charge in [-0.3, -0.25) is 4.79 Å². The molecule has 1 aliphatic heterocycles. The van der Waals surface area contributed by atoms with Gasteiger partial charge in [-0.15, -0.1) is 0 Å². The lowest BCUT2D eigenvalue weighted by Crippen LogP contribution is -2.22. The van der Waals surface area contributed by atoms with E-state index in [0.29, 0.717) is 28.6 Å². The van der Waals surface area contributed by atoms with Crippen LogP contribution < -0.4 is 14.8 Å². The van der Waals surface area contributed by atoms with Crippen LogP contribution in [0.15, 0.2) is 48.5 Å². The molecule has 0 unspecified atom stereocenters. The van der Waals surface area contributed by atoms with Crippen LogP contribution in [0.4, 0.5) is 5.82 Å². The first-order valence-electron chi connectivity index (χ1n) is 9.29. The van der Waals surface area contributed by atoms with E-state index in [-0.39, 0.29) is 18.1 Å². The maximum Gasteiger partial charge on any atom is 0.263 e. The molecule has 0 fully saturated rings. The second-order valence-corrected chi connectivity index (χ2v) is 9.13. The van der Waals surface area contributed by atoms with Gasteiger partial charge in [0.15, 0.2) is 16.4 Å². The zero-order valence-corrected chi connectivity index (χ0v) is 17.4. The smallest absolute Gasteiger partial charge is 0.263 e. The van der Waals surface area contributed by atoms with Crippen LogP contribution in [0.5, 0.6) is 11.5 Å². The van der Waals surface area contributed by atoms with Crippen LogP contribution in [0.25, 0.3) is 5.69 Å². The number of carbonyl (C=O) groups is 1. The molecule has 0 saturated carbocycles. The molecule has 0 aliphatic carbocycles. The maximum atomic E-state index is 12.6. The number of ether oxygens (including phenoxy) is 2. The number of carbonyl (C=O) groups excluding carboxylic acids is 1. The standard InChI is InChI=1S/C21H21N3O5S/c1-14-3-5-15(6-4-14)24-21(18-12-30(26,27)13-19(18)23-24)22-20(25)11-29-17-9-7-16(28-2)8-10-17/h3-10H,11-13H2,1-2H3,(H,22,25). The van der Waals surface area contributed by atoms with Gasteiger partial charge in [0.1, 0.15) is 17.3 Å². The molecule has 30 heavy (non-hydrogen) atoms. The normalized spacial score (nSPS) is 14.2. The lowest BCUT2D eigenvalue weighted by Gasteiger charge is -2.12. The zero-order chi connectivity index (χ0) is 21.3. The van der Waals surface area contributed by atoms with Gasteiger partial charge in [0.05, 0.1) is 30.0 Å². The molecule has 4 rings (SSSR count). The van der Waals surface area contributed by atoms with Gasteiger partial charge in [-0.2, -0.15) is 5.10 Å². The number of aryl methyl sites for hydroxylation is 1. The van der Waals surface area contributed by atoms with E-state index >= 15 is 0 Å². The van der Waals surface area contributed by atoms with Gasteiger partial charge in [-0.05, 0) is 43.3 Å². The van der Waals surface area contributed by atoms with Gasteiger partial charge in [0.2, 0.25) is 0 Å². The number of sulfone groups is 1. The molecule has 156 valence electrons. The number of methoxy groups -OCH3 is 1. The number of nitrogens with zero attached hydrogens (tertiary/aromatic N) is 2. The average Bonchev–Trinajstić information content (AvgIpc) is 3.20. The topological polar surface area (TPSA) is 99.5 Å². The lowest BCUT2D eigenvalue weighted by atomic mass is 10.2. The van der Waals surface area contributed by atoms with Crippen LogP contribution in [-0.2, 0) is 26.1 Å².